The number of fused-ring (bicyclic) bond motifs is 1. The van der Waals surface area contributed by atoms with Gasteiger partial charge in [0.15, 0.2) is 0 Å². The Balaban J connectivity index is 1.33. The molecule has 0 aliphatic heterocycles. The molecule has 0 radical (unpaired) electrons. The maximum atomic E-state index is 14.7. The van der Waals surface area contributed by atoms with E-state index in [9.17, 15) is 9.18 Å². The second-order valence-electron chi connectivity index (χ2n) is 8.18. The van der Waals surface area contributed by atoms with Crippen molar-refractivity contribution in [2.75, 3.05) is 0 Å². The topological polar surface area (TPSA) is 79.5 Å². The van der Waals surface area contributed by atoms with E-state index in [1.54, 1.807) is 30.3 Å². The van der Waals surface area contributed by atoms with E-state index in [0.717, 1.165) is 11.1 Å². The summed E-state index contributed by atoms with van der Waals surface area (Å²) in [7, 11) is 0. The Labute approximate surface area is 184 Å². The minimum atomic E-state index is -0.757. The lowest BCUT2D eigenvalue weighted by Gasteiger charge is -2.17. The van der Waals surface area contributed by atoms with Crippen LogP contribution in [0.5, 0.6) is 17.2 Å². The first-order valence-electron chi connectivity index (χ1n) is 10.5. The molecule has 1 saturated carbocycles. The molecule has 5 rings (SSSR count). The SMILES string of the molecule is N#Cc1ccc(Oc2ccc(F)c3c2CCC3Oc2ccc(C3CC3C(=O)O)cc2)cc1. The zero-order valence-corrected chi connectivity index (χ0v) is 17.1. The summed E-state index contributed by atoms with van der Waals surface area (Å²) in [5.41, 5.74) is 2.83. The Morgan fingerprint density at radius 2 is 1.75 bits per heavy atom. The summed E-state index contributed by atoms with van der Waals surface area (Å²) in [6.45, 7) is 0. The van der Waals surface area contributed by atoms with Gasteiger partial charge in [0.2, 0.25) is 0 Å². The van der Waals surface area contributed by atoms with Crippen LogP contribution in [0.3, 0.4) is 0 Å². The van der Waals surface area contributed by atoms with Crippen LogP contribution in [-0.2, 0) is 11.2 Å². The summed E-state index contributed by atoms with van der Waals surface area (Å²) < 4.78 is 26.8. The molecule has 2 aliphatic rings. The quantitative estimate of drug-likeness (QED) is 0.540. The molecule has 0 bridgehead atoms. The molecule has 0 saturated heterocycles. The molecule has 5 nitrogen and oxygen atoms in total. The third-order valence-corrected chi connectivity index (χ3v) is 6.14. The molecule has 6 heteroatoms. The van der Waals surface area contributed by atoms with Gasteiger partial charge < -0.3 is 14.6 Å². The average molecular weight is 429 g/mol. The molecule has 32 heavy (non-hydrogen) atoms. The van der Waals surface area contributed by atoms with E-state index in [0.29, 0.717) is 47.6 Å². The fraction of sp³-hybridized carbons (Fsp3) is 0.231. The molecular weight excluding hydrogens is 409 g/mol. The van der Waals surface area contributed by atoms with Crippen molar-refractivity contribution in [3.8, 4) is 23.3 Å². The van der Waals surface area contributed by atoms with Crippen LogP contribution in [0.1, 0.15) is 47.1 Å². The number of benzene rings is 3. The Morgan fingerprint density at radius 1 is 1.03 bits per heavy atom. The minimum absolute atomic E-state index is 0.0631. The molecule has 3 unspecified atom stereocenters. The minimum Gasteiger partial charge on any atom is -0.486 e. The van der Waals surface area contributed by atoms with Gasteiger partial charge in [0.05, 0.1) is 17.6 Å². The van der Waals surface area contributed by atoms with Gasteiger partial charge >= 0.3 is 5.97 Å². The molecule has 0 spiro atoms. The molecule has 3 aromatic carbocycles. The number of aliphatic carboxylic acids is 1. The van der Waals surface area contributed by atoms with Crippen molar-refractivity contribution in [1.82, 2.24) is 0 Å². The number of carboxylic acids is 1. The average Bonchev–Trinajstić information content (AvgIpc) is 3.51. The highest BCUT2D eigenvalue weighted by molar-refractivity contribution is 5.75. The highest BCUT2D eigenvalue weighted by atomic mass is 19.1. The van der Waals surface area contributed by atoms with E-state index < -0.39 is 12.1 Å². The van der Waals surface area contributed by atoms with Crippen LogP contribution in [0.2, 0.25) is 0 Å². The number of halogens is 1. The van der Waals surface area contributed by atoms with E-state index in [2.05, 4.69) is 6.07 Å². The molecule has 1 fully saturated rings. The molecular formula is C26H20FNO4. The van der Waals surface area contributed by atoms with Crippen molar-refractivity contribution in [2.45, 2.75) is 31.3 Å². The number of ether oxygens (including phenoxy) is 2. The molecule has 160 valence electrons. The van der Waals surface area contributed by atoms with E-state index >= 15 is 0 Å². The van der Waals surface area contributed by atoms with Crippen molar-refractivity contribution in [2.24, 2.45) is 5.92 Å². The third kappa shape index (κ3) is 3.78. The zero-order chi connectivity index (χ0) is 22.2. The van der Waals surface area contributed by atoms with Gasteiger partial charge in [0, 0.05) is 11.1 Å². The number of carboxylic acid groups (broad SMARTS) is 1. The van der Waals surface area contributed by atoms with Crippen molar-refractivity contribution < 1.29 is 23.8 Å². The molecule has 3 aromatic rings. The fourth-order valence-corrected chi connectivity index (χ4v) is 4.37. The summed E-state index contributed by atoms with van der Waals surface area (Å²) in [4.78, 5) is 11.1. The van der Waals surface area contributed by atoms with E-state index in [1.807, 2.05) is 24.3 Å². The van der Waals surface area contributed by atoms with Crippen LogP contribution < -0.4 is 9.47 Å². The van der Waals surface area contributed by atoms with Gasteiger partial charge in [-0.25, -0.2) is 4.39 Å². The first kappa shape index (κ1) is 20.1. The largest absolute Gasteiger partial charge is 0.486 e. The van der Waals surface area contributed by atoms with Gasteiger partial charge in [0.25, 0.3) is 0 Å². The number of nitriles is 1. The lowest BCUT2D eigenvalue weighted by atomic mass is 10.1. The number of nitrogens with zero attached hydrogens (tertiary/aromatic N) is 1. The first-order chi connectivity index (χ1) is 15.5. The van der Waals surface area contributed by atoms with Gasteiger partial charge in [-0.2, -0.15) is 5.26 Å². The van der Waals surface area contributed by atoms with Crippen molar-refractivity contribution in [3.05, 3.63) is 88.7 Å². The molecule has 3 atom stereocenters. The fourth-order valence-electron chi connectivity index (χ4n) is 4.37. The summed E-state index contributed by atoms with van der Waals surface area (Å²) in [6.07, 6.45) is 1.50. The Hall–Kier alpha value is -3.85. The normalized spacial score (nSPS) is 20.8. The Bertz CT molecular complexity index is 1210. The van der Waals surface area contributed by atoms with Crippen molar-refractivity contribution in [3.63, 3.8) is 0 Å². The van der Waals surface area contributed by atoms with Crippen LogP contribution in [-0.4, -0.2) is 11.1 Å². The Morgan fingerprint density at radius 3 is 2.41 bits per heavy atom. The number of rotatable bonds is 6. The molecule has 0 aromatic heterocycles. The summed E-state index contributed by atoms with van der Waals surface area (Å²) in [5.74, 6) is 0.469. The van der Waals surface area contributed by atoms with Crippen LogP contribution in [0, 0.1) is 23.1 Å². The molecule has 2 aliphatic carbocycles. The van der Waals surface area contributed by atoms with E-state index in [4.69, 9.17) is 19.8 Å². The third-order valence-electron chi connectivity index (χ3n) is 6.14. The standard InChI is InChI=1S/C26H20FNO4/c27-22-10-12-23(31-17-5-1-15(14-28)2-6-17)19-9-11-24(25(19)22)32-18-7-3-16(4-8-18)20-13-21(20)26(29)30/h1-8,10,12,20-21,24H,9,11,13H2,(H,29,30). The maximum Gasteiger partial charge on any atom is 0.307 e. The predicted octanol–water partition coefficient (Wildman–Crippen LogP) is 5.74. The second-order valence-corrected chi connectivity index (χ2v) is 8.18. The van der Waals surface area contributed by atoms with Crippen molar-refractivity contribution in [1.29, 1.82) is 5.26 Å². The Kier molecular flexibility index (Phi) is 5.02. The van der Waals surface area contributed by atoms with Crippen LogP contribution in [0.15, 0.2) is 60.7 Å². The van der Waals surface area contributed by atoms with Crippen LogP contribution in [0.4, 0.5) is 4.39 Å². The van der Waals surface area contributed by atoms with Crippen molar-refractivity contribution >= 4 is 5.97 Å². The van der Waals surface area contributed by atoms with E-state index in [-0.39, 0.29) is 17.7 Å². The highest BCUT2D eigenvalue weighted by Gasteiger charge is 2.44. The lowest BCUT2D eigenvalue weighted by molar-refractivity contribution is -0.138. The second kappa shape index (κ2) is 8.01. The number of carbonyl (C=O) groups is 1. The molecule has 0 amide bonds. The highest BCUT2D eigenvalue weighted by Crippen LogP contribution is 2.48. The number of hydrogen-bond acceptors (Lipinski definition) is 4. The molecule has 0 heterocycles. The van der Waals surface area contributed by atoms with Crippen LogP contribution in [0.25, 0.3) is 0 Å². The smallest absolute Gasteiger partial charge is 0.307 e. The molecule has 1 N–H and O–H groups in total. The monoisotopic (exact) mass is 429 g/mol. The van der Waals surface area contributed by atoms with Gasteiger partial charge in [-0.1, -0.05) is 12.1 Å². The van der Waals surface area contributed by atoms with Gasteiger partial charge in [-0.15, -0.1) is 0 Å². The first-order valence-corrected chi connectivity index (χ1v) is 10.5. The van der Waals surface area contributed by atoms with E-state index in [1.165, 1.54) is 6.07 Å². The predicted molar refractivity (Wildman–Crippen MR) is 114 cm³/mol. The van der Waals surface area contributed by atoms with Gasteiger partial charge in [0.1, 0.15) is 29.2 Å². The summed E-state index contributed by atoms with van der Waals surface area (Å²) in [5, 5.41) is 18.0. The maximum absolute atomic E-state index is 14.7. The lowest BCUT2D eigenvalue weighted by Crippen LogP contribution is -2.06. The van der Waals surface area contributed by atoms with Gasteiger partial charge in [-0.3, -0.25) is 4.79 Å². The van der Waals surface area contributed by atoms with Gasteiger partial charge in [-0.05, 0) is 79.3 Å². The summed E-state index contributed by atoms with van der Waals surface area (Å²) >= 11 is 0. The zero-order valence-electron chi connectivity index (χ0n) is 17.1. The van der Waals surface area contributed by atoms with Crippen LogP contribution >= 0.6 is 0 Å². The summed E-state index contributed by atoms with van der Waals surface area (Å²) in [6, 6.07) is 19.3. The number of hydrogen-bond donors (Lipinski definition) is 1.